The second kappa shape index (κ2) is 10.2. The fraction of sp³-hybridized carbons (Fsp3) is 0.438. The second-order valence-electron chi connectivity index (χ2n) is 3.46. The molecule has 19 heavy (non-hydrogen) atoms. The van der Waals surface area contributed by atoms with Crippen LogP contribution in [0.5, 0.6) is 0 Å². The van der Waals surface area contributed by atoms with Crippen molar-refractivity contribution in [3.8, 4) is 0 Å². The second-order valence-corrected chi connectivity index (χ2v) is 3.46. The van der Waals surface area contributed by atoms with E-state index in [9.17, 15) is 4.79 Å². The molecule has 0 unspecified atom stereocenters. The van der Waals surface area contributed by atoms with Crippen molar-refractivity contribution in [3.05, 3.63) is 42.9 Å². The zero-order valence-corrected chi connectivity index (χ0v) is 12.5. The minimum atomic E-state index is -0.0212. The van der Waals surface area contributed by atoms with Gasteiger partial charge in [-0.2, -0.15) is 0 Å². The van der Waals surface area contributed by atoms with Gasteiger partial charge in [-0.25, -0.2) is 0 Å². The molecule has 0 saturated carbocycles. The maximum Gasteiger partial charge on any atom is 0.246 e. The molecule has 1 amide bonds. The first-order chi connectivity index (χ1) is 9.31. The smallest absolute Gasteiger partial charge is 0.246 e. The van der Waals surface area contributed by atoms with Gasteiger partial charge >= 0.3 is 0 Å². The molecular formula is C16H25NO2. The molecule has 0 fully saturated rings. The van der Waals surface area contributed by atoms with Crippen molar-refractivity contribution < 1.29 is 9.21 Å². The summed E-state index contributed by atoms with van der Waals surface area (Å²) in [6.07, 6.45) is 5.98. The molecule has 0 atom stereocenters. The summed E-state index contributed by atoms with van der Waals surface area (Å²) in [6, 6.07) is 3.76. The van der Waals surface area contributed by atoms with Crippen LogP contribution in [-0.4, -0.2) is 23.9 Å². The Labute approximate surface area is 116 Å². The summed E-state index contributed by atoms with van der Waals surface area (Å²) in [5, 5.41) is 0. The van der Waals surface area contributed by atoms with Crippen LogP contribution < -0.4 is 0 Å². The Kier molecular flexibility index (Phi) is 9.23. The first kappa shape index (κ1) is 17.2. The van der Waals surface area contributed by atoms with Gasteiger partial charge < -0.3 is 9.32 Å². The third kappa shape index (κ3) is 5.16. The lowest BCUT2D eigenvalue weighted by molar-refractivity contribution is -0.125. The summed E-state index contributed by atoms with van der Waals surface area (Å²) in [4.78, 5) is 13.2. The van der Waals surface area contributed by atoms with E-state index in [-0.39, 0.29) is 5.91 Å². The number of rotatable bonds is 2. The fourth-order valence-corrected chi connectivity index (χ4v) is 1.70. The Hall–Kier alpha value is -1.77. The predicted molar refractivity (Wildman–Crippen MR) is 80.8 cm³/mol. The third-order valence-corrected chi connectivity index (χ3v) is 2.47. The number of carbonyl (C=O) groups is 1. The predicted octanol–water partition coefficient (Wildman–Crippen LogP) is 4.13. The van der Waals surface area contributed by atoms with Gasteiger partial charge in [0.05, 0.1) is 6.26 Å². The van der Waals surface area contributed by atoms with Crippen LogP contribution in [0.25, 0.3) is 5.57 Å². The number of amides is 1. The van der Waals surface area contributed by atoms with Crippen LogP contribution in [0.3, 0.4) is 0 Å². The molecule has 0 aliphatic carbocycles. The Morgan fingerprint density at radius 1 is 1.37 bits per heavy atom. The van der Waals surface area contributed by atoms with Crippen molar-refractivity contribution in [2.75, 3.05) is 13.1 Å². The summed E-state index contributed by atoms with van der Waals surface area (Å²) in [5.41, 5.74) is 1.07. The molecule has 0 bridgehead atoms. The topological polar surface area (TPSA) is 33.5 Å². The van der Waals surface area contributed by atoms with Gasteiger partial charge in [0.15, 0.2) is 0 Å². The summed E-state index contributed by atoms with van der Waals surface area (Å²) in [6.45, 7) is 12.9. The lowest BCUT2D eigenvalue weighted by atomic mass is 10.1. The Balaban J connectivity index is 0.000000741. The summed E-state index contributed by atoms with van der Waals surface area (Å²) in [7, 11) is 0. The van der Waals surface area contributed by atoms with Gasteiger partial charge in [0.25, 0.3) is 0 Å². The Morgan fingerprint density at radius 2 is 2.05 bits per heavy atom. The molecule has 0 N–H and O–H groups in total. The minimum Gasteiger partial charge on any atom is -0.465 e. The molecule has 1 aliphatic heterocycles. The highest BCUT2D eigenvalue weighted by Crippen LogP contribution is 2.21. The molecule has 2 rings (SSSR count). The fourth-order valence-electron chi connectivity index (χ4n) is 1.70. The molecule has 1 aromatic rings. The SMILES string of the molecule is C=CC(=O)N1CCC=C(c2ccco2)C1.CC.CC. The first-order valence-electron chi connectivity index (χ1n) is 6.95. The number of hydrogen-bond acceptors (Lipinski definition) is 2. The normalized spacial score (nSPS) is 13.3. The van der Waals surface area contributed by atoms with Crippen molar-refractivity contribution in [1.29, 1.82) is 0 Å². The van der Waals surface area contributed by atoms with E-state index in [4.69, 9.17) is 4.42 Å². The van der Waals surface area contributed by atoms with Crippen molar-refractivity contribution >= 4 is 11.5 Å². The Morgan fingerprint density at radius 3 is 2.58 bits per heavy atom. The van der Waals surface area contributed by atoms with Crippen LogP contribution in [0.4, 0.5) is 0 Å². The largest absolute Gasteiger partial charge is 0.465 e. The quantitative estimate of drug-likeness (QED) is 0.752. The zero-order chi connectivity index (χ0) is 14.7. The lowest BCUT2D eigenvalue weighted by Gasteiger charge is -2.25. The number of nitrogens with zero attached hydrogens (tertiary/aromatic N) is 1. The summed E-state index contributed by atoms with van der Waals surface area (Å²) < 4.78 is 5.30. The van der Waals surface area contributed by atoms with Crippen LogP contribution in [0.2, 0.25) is 0 Å². The van der Waals surface area contributed by atoms with E-state index in [1.165, 1.54) is 6.08 Å². The van der Waals surface area contributed by atoms with Crippen LogP contribution in [0, 0.1) is 0 Å². The lowest BCUT2D eigenvalue weighted by Crippen LogP contribution is -2.34. The molecule has 3 nitrogen and oxygen atoms in total. The van der Waals surface area contributed by atoms with Gasteiger partial charge in [-0.1, -0.05) is 40.3 Å². The molecule has 1 aliphatic rings. The first-order valence-corrected chi connectivity index (χ1v) is 6.95. The van der Waals surface area contributed by atoms with E-state index in [1.54, 1.807) is 11.2 Å². The van der Waals surface area contributed by atoms with E-state index in [0.717, 1.165) is 24.3 Å². The molecule has 0 spiro atoms. The summed E-state index contributed by atoms with van der Waals surface area (Å²) in [5.74, 6) is 0.823. The standard InChI is InChI=1S/C12H13NO2.2C2H6/c1-2-12(14)13-7-3-5-10(9-13)11-6-4-8-15-11;2*1-2/h2,4-6,8H,1,3,7,9H2;2*1-2H3. The molecule has 106 valence electrons. The van der Waals surface area contributed by atoms with Crippen molar-refractivity contribution in [2.45, 2.75) is 34.1 Å². The van der Waals surface area contributed by atoms with Gasteiger partial charge in [-0.3, -0.25) is 4.79 Å². The average molecular weight is 263 g/mol. The van der Waals surface area contributed by atoms with E-state index in [2.05, 4.69) is 12.7 Å². The van der Waals surface area contributed by atoms with Gasteiger partial charge in [-0.05, 0) is 24.6 Å². The van der Waals surface area contributed by atoms with Gasteiger partial charge in [0, 0.05) is 18.7 Å². The van der Waals surface area contributed by atoms with Crippen molar-refractivity contribution in [1.82, 2.24) is 4.90 Å². The average Bonchev–Trinajstić information content (AvgIpc) is 3.05. The Bertz CT molecular complexity index is 391. The van der Waals surface area contributed by atoms with Crippen molar-refractivity contribution in [3.63, 3.8) is 0 Å². The van der Waals surface area contributed by atoms with Gasteiger partial charge in [-0.15, -0.1) is 0 Å². The highest BCUT2D eigenvalue weighted by atomic mass is 16.3. The molecular weight excluding hydrogens is 238 g/mol. The van der Waals surface area contributed by atoms with E-state index in [1.807, 2.05) is 39.8 Å². The molecule has 0 saturated heterocycles. The summed E-state index contributed by atoms with van der Waals surface area (Å²) >= 11 is 0. The minimum absolute atomic E-state index is 0.0212. The van der Waals surface area contributed by atoms with Crippen LogP contribution in [-0.2, 0) is 4.79 Å². The van der Waals surface area contributed by atoms with Crippen LogP contribution in [0.15, 0.2) is 41.5 Å². The van der Waals surface area contributed by atoms with E-state index in [0.29, 0.717) is 6.54 Å². The number of carbonyl (C=O) groups excluding carboxylic acids is 1. The van der Waals surface area contributed by atoms with Crippen molar-refractivity contribution in [2.24, 2.45) is 0 Å². The third-order valence-electron chi connectivity index (χ3n) is 2.47. The molecule has 2 heterocycles. The molecule has 0 aromatic carbocycles. The highest BCUT2D eigenvalue weighted by Gasteiger charge is 2.17. The maximum atomic E-state index is 11.4. The van der Waals surface area contributed by atoms with Gasteiger partial charge in [0.1, 0.15) is 5.76 Å². The number of furan rings is 1. The van der Waals surface area contributed by atoms with E-state index >= 15 is 0 Å². The highest BCUT2D eigenvalue weighted by molar-refractivity contribution is 5.88. The molecule has 0 radical (unpaired) electrons. The monoisotopic (exact) mass is 263 g/mol. The van der Waals surface area contributed by atoms with Crippen LogP contribution >= 0.6 is 0 Å². The van der Waals surface area contributed by atoms with E-state index < -0.39 is 0 Å². The molecule has 3 heteroatoms. The van der Waals surface area contributed by atoms with Gasteiger partial charge in [0.2, 0.25) is 5.91 Å². The van der Waals surface area contributed by atoms with Crippen LogP contribution in [0.1, 0.15) is 39.9 Å². The zero-order valence-electron chi connectivity index (χ0n) is 12.5. The maximum absolute atomic E-state index is 11.4. The number of hydrogen-bond donors (Lipinski definition) is 0. The molecule has 1 aromatic heterocycles.